The standard InChI is InChI=1S/C14H20F3NO3/c1-2-3-8-18(9-14(15,16)17)12(19)10-6-4-5-7-11(10)13(20)21/h4-5,10-11H,2-3,6-9H2,1H3,(H,20,21). The molecule has 21 heavy (non-hydrogen) atoms. The summed E-state index contributed by atoms with van der Waals surface area (Å²) in [5.41, 5.74) is 0. The summed E-state index contributed by atoms with van der Waals surface area (Å²) < 4.78 is 37.8. The lowest BCUT2D eigenvalue weighted by atomic mass is 9.82. The third-order valence-electron chi connectivity index (χ3n) is 3.53. The second-order valence-electron chi connectivity index (χ2n) is 5.22. The van der Waals surface area contributed by atoms with Gasteiger partial charge >= 0.3 is 12.1 Å². The molecule has 0 saturated heterocycles. The molecule has 2 unspecified atom stereocenters. The van der Waals surface area contributed by atoms with E-state index in [-0.39, 0.29) is 19.4 Å². The Balaban J connectivity index is 2.86. The van der Waals surface area contributed by atoms with Crippen molar-refractivity contribution >= 4 is 11.9 Å². The zero-order valence-corrected chi connectivity index (χ0v) is 11.9. The number of hydrogen-bond donors (Lipinski definition) is 1. The van der Waals surface area contributed by atoms with E-state index in [4.69, 9.17) is 5.11 Å². The Morgan fingerprint density at radius 1 is 1.24 bits per heavy atom. The highest BCUT2D eigenvalue weighted by atomic mass is 19.4. The molecule has 0 fully saturated rings. The van der Waals surface area contributed by atoms with Gasteiger partial charge < -0.3 is 10.0 Å². The zero-order valence-electron chi connectivity index (χ0n) is 11.9. The number of amides is 1. The van der Waals surface area contributed by atoms with Crippen molar-refractivity contribution in [1.29, 1.82) is 0 Å². The van der Waals surface area contributed by atoms with Crippen LogP contribution in [0.2, 0.25) is 0 Å². The first kappa shape index (κ1) is 17.5. The highest BCUT2D eigenvalue weighted by molar-refractivity contribution is 5.85. The van der Waals surface area contributed by atoms with E-state index in [0.29, 0.717) is 12.8 Å². The van der Waals surface area contributed by atoms with Gasteiger partial charge in [0, 0.05) is 6.54 Å². The maximum Gasteiger partial charge on any atom is 0.406 e. The van der Waals surface area contributed by atoms with Crippen LogP contribution in [-0.4, -0.2) is 41.1 Å². The van der Waals surface area contributed by atoms with E-state index in [1.54, 1.807) is 12.2 Å². The van der Waals surface area contributed by atoms with Crippen LogP contribution in [0.4, 0.5) is 13.2 Å². The summed E-state index contributed by atoms with van der Waals surface area (Å²) in [7, 11) is 0. The fourth-order valence-electron chi connectivity index (χ4n) is 2.43. The molecule has 0 aliphatic heterocycles. The van der Waals surface area contributed by atoms with Crippen LogP contribution in [0, 0.1) is 11.8 Å². The predicted octanol–water partition coefficient (Wildman–Crippen LogP) is 2.84. The number of aliphatic carboxylic acids is 1. The molecule has 1 amide bonds. The minimum Gasteiger partial charge on any atom is -0.481 e. The van der Waals surface area contributed by atoms with E-state index in [9.17, 15) is 22.8 Å². The maximum atomic E-state index is 12.6. The van der Waals surface area contributed by atoms with Crippen LogP contribution in [0.5, 0.6) is 0 Å². The topological polar surface area (TPSA) is 57.6 Å². The summed E-state index contributed by atoms with van der Waals surface area (Å²) in [5.74, 6) is -3.70. The van der Waals surface area contributed by atoms with Crippen LogP contribution < -0.4 is 0 Å². The summed E-state index contributed by atoms with van der Waals surface area (Å²) >= 11 is 0. The van der Waals surface area contributed by atoms with E-state index >= 15 is 0 Å². The number of allylic oxidation sites excluding steroid dienone is 2. The molecule has 1 rings (SSSR count). The minimum absolute atomic E-state index is 0.00139. The highest BCUT2D eigenvalue weighted by Crippen LogP contribution is 2.29. The number of carboxylic acids is 1. The fraction of sp³-hybridized carbons (Fsp3) is 0.714. The minimum atomic E-state index is -4.48. The molecule has 0 radical (unpaired) electrons. The SMILES string of the molecule is CCCCN(CC(F)(F)F)C(=O)C1CC=CCC1C(=O)O. The zero-order chi connectivity index (χ0) is 16.0. The lowest BCUT2D eigenvalue weighted by Crippen LogP contribution is -2.46. The van der Waals surface area contributed by atoms with Crippen LogP contribution >= 0.6 is 0 Å². The molecular formula is C14H20F3NO3. The first-order valence-electron chi connectivity index (χ1n) is 6.99. The number of hydrogen-bond acceptors (Lipinski definition) is 2. The summed E-state index contributed by atoms with van der Waals surface area (Å²) in [4.78, 5) is 24.2. The van der Waals surface area contributed by atoms with Gasteiger partial charge in [-0.05, 0) is 19.3 Å². The molecule has 7 heteroatoms. The number of carbonyl (C=O) groups excluding carboxylic acids is 1. The van der Waals surface area contributed by atoms with Crippen LogP contribution in [0.15, 0.2) is 12.2 Å². The average molecular weight is 307 g/mol. The third kappa shape index (κ3) is 5.40. The van der Waals surface area contributed by atoms with Gasteiger partial charge in [-0.15, -0.1) is 0 Å². The Hall–Kier alpha value is -1.53. The molecular weight excluding hydrogens is 287 g/mol. The molecule has 0 bridgehead atoms. The Bertz CT molecular complexity index is 407. The Morgan fingerprint density at radius 2 is 1.81 bits per heavy atom. The van der Waals surface area contributed by atoms with Gasteiger partial charge in [0.2, 0.25) is 5.91 Å². The van der Waals surface area contributed by atoms with E-state index in [0.717, 1.165) is 4.90 Å². The van der Waals surface area contributed by atoms with Crippen molar-refractivity contribution < 1.29 is 27.9 Å². The highest BCUT2D eigenvalue weighted by Gasteiger charge is 2.39. The van der Waals surface area contributed by atoms with Gasteiger partial charge in [-0.1, -0.05) is 25.5 Å². The Morgan fingerprint density at radius 3 is 2.29 bits per heavy atom. The molecule has 2 atom stereocenters. The predicted molar refractivity (Wildman–Crippen MR) is 70.5 cm³/mol. The number of rotatable bonds is 6. The summed E-state index contributed by atoms with van der Waals surface area (Å²) in [6.07, 6.45) is 0.315. The van der Waals surface area contributed by atoms with Gasteiger partial charge in [0.05, 0.1) is 11.8 Å². The second-order valence-corrected chi connectivity index (χ2v) is 5.22. The molecule has 1 aliphatic carbocycles. The van der Waals surface area contributed by atoms with Crippen molar-refractivity contribution in [1.82, 2.24) is 4.90 Å². The molecule has 0 spiro atoms. The van der Waals surface area contributed by atoms with Crippen LogP contribution in [0.1, 0.15) is 32.6 Å². The van der Waals surface area contributed by atoms with Crippen molar-refractivity contribution in [2.75, 3.05) is 13.1 Å². The number of carboxylic acid groups (broad SMARTS) is 1. The van der Waals surface area contributed by atoms with Gasteiger partial charge in [-0.25, -0.2) is 0 Å². The first-order chi connectivity index (χ1) is 9.76. The van der Waals surface area contributed by atoms with Crippen LogP contribution in [-0.2, 0) is 9.59 Å². The molecule has 0 aromatic carbocycles. The number of carbonyl (C=O) groups is 2. The average Bonchev–Trinajstić information content (AvgIpc) is 2.41. The maximum absolute atomic E-state index is 12.6. The summed E-state index contributed by atoms with van der Waals surface area (Å²) in [6.45, 7) is 0.499. The normalized spacial score (nSPS) is 22.1. The Labute approximate surface area is 121 Å². The smallest absolute Gasteiger partial charge is 0.406 e. The van der Waals surface area contributed by atoms with Gasteiger partial charge in [0.15, 0.2) is 0 Å². The van der Waals surface area contributed by atoms with Crippen molar-refractivity contribution in [2.45, 2.75) is 38.8 Å². The number of halogens is 3. The molecule has 0 heterocycles. The van der Waals surface area contributed by atoms with E-state index in [1.807, 2.05) is 6.92 Å². The number of alkyl halides is 3. The number of nitrogens with zero attached hydrogens (tertiary/aromatic N) is 1. The van der Waals surface area contributed by atoms with E-state index < -0.39 is 36.4 Å². The molecule has 0 aromatic rings. The van der Waals surface area contributed by atoms with Crippen LogP contribution in [0.3, 0.4) is 0 Å². The fourth-order valence-corrected chi connectivity index (χ4v) is 2.43. The molecule has 0 saturated carbocycles. The molecule has 4 nitrogen and oxygen atoms in total. The molecule has 120 valence electrons. The molecule has 0 aromatic heterocycles. The van der Waals surface area contributed by atoms with Crippen molar-refractivity contribution in [2.24, 2.45) is 11.8 Å². The quantitative estimate of drug-likeness (QED) is 0.768. The lowest BCUT2D eigenvalue weighted by molar-refractivity contribution is -0.167. The van der Waals surface area contributed by atoms with Gasteiger partial charge in [-0.2, -0.15) is 13.2 Å². The number of unbranched alkanes of at least 4 members (excludes halogenated alkanes) is 1. The van der Waals surface area contributed by atoms with E-state index in [1.165, 1.54) is 0 Å². The summed E-state index contributed by atoms with van der Waals surface area (Å²) in [6, 6.07) is 0. The van der Waals surface area contributed by atoms with Gasteiger partial charge in [0.1, 0.15) is 6.54 Å². The van der Waals surface area contributed by atoms with Crippen molar-refractivity contribution in [3.8, 4) is 0 Å². The van der Waals surface area contributed by atoms with Crippen molar-refractivity contribution in [3.05, 3.63) is 12.2 Å². The largest absolute Gasteiger partial charge is 0.481 e. The first-order valence-corrected chi connectivity index (χ1v) is 6.99. The molecule has 1 N–H and O–H groups in total. The Kier molecular flexibility index (Phi) is 6.23. The van der Waals surface area contributed by atoms with Gasteiger partial charge in [-0.3, -0.25) is 9.59 Å². The van der Waals surface area contributed by atoms with Crippen molar-refractivity contribution in [3.63, 3.8) is 0 Å². The van der Waals surface area contributed by atoms with Crippen LogP contribution in [0.25, 0.3) is 0 Å². The summed E-state index contributed by atoms with van der Waals surface area (Å²) in [5, 5.41) is 9.12. The second kappa shape index (κ2) is 7.47. The van der Waals surface area contributed by atoms with E-state index in [2.05, 4.69) is 0 Å². The third-order valence-corrected chi connectivity index (χ3v) is 3.53. The monoisotopic (exact) mass is 307 g/mol. The van der Waals surface area contributed by atoms with Gasteiger partial charge in [0.25, 0.3) is 0 Å². The molecule has 1 aliphatic rings. The lowest BCUT2D eigenvalue weighted by Gasteiger charge is -2.31.